The second-order valence-corrected chi connectivity index (χ2v) is 7.88. The molecule has 2 heterocycles. The molecule has 1 aromatic heterocycles. The minimum absolute atomic E-state index is 0.154. The monoisotopic (exact) mass is 463 g/mol. The van der Waals surface area contributed by atoms with Gasteiger partial charge in [0, 0.05) is 23.3 Å². The van der Waals surface area contributed by atoms with Gasteiger partial charge in [0.05, 0.1) is 17.2 Å². The summed E-state index contributed by atoms with van der Waals surface area (Å²) < 4.78 is 0. The highest BCUT2D eigenvalue weighted by atomic mass is 16.3. The number of nitrogens with one attached hydrogen (secondary N) is 3. The molecule has 5 rings (SSSR count). The largest absolute Gasteiger partial charge is 0.505 e. The Labute approximate surface area is 200 Å². The average molecular weight is 464 g/mol. The molecule has 0 unspecified atom stereocenters. The molecule has 0 bridgehead atoms. The van der Waals surface area contributed by atoms with E-state index in [4.69, 9.17) is 5.41 Å². The van der Waals surface area contributed by atoms with Crippen LogP contribution in [0.25, 0.3) is 10.8 Å². The number of aromatic nitrogens is 2. The number of phenolic OH excluding ortho intramolecular Hbond substituents is 1. The van der Waals surface area contributed by atoms with Crippen molar-refractivity contribution in [3.8, 4) is 5.75 Å². The summed E-state index contributed by atoms with van der Waals surface area (Å²) in [6.07, 6.45) is 3.20. The Balaban J connectivity index is 1.62. The number of aromatic hydroxyl groups is 1. The fraction of sp³-hybridized carbons (Fsp3) is 0.0769. The Hall–Kier alpha value is -4.85. The van der Waals surface area contributed by atoms with E-state index in [1.54, 1.807) is 53.8 Å². The minimum atomic E-state index is -0.305. The van der Waals surface area contributed by atoms with Crippen LogP contribution < -0.4 is 15.9 Å². The molecule has 1 aliphatic heterocycles. The van der Waals surface area contributed by atoms with E-state index in [0.29, 0.717) is 28.3 Å². The molecule has 1 fully saturated rings. The molecular weight excluding hydrogens is 442 g/mol. The zero-order valence-electron chi connectivity index (χ0n) is 18.7. The first-order chi connectivity index (χ1) is 17.1. The number of rotatable bonds is 5. The number of benzene rings is 3. The van der Waals surface area contributed by atoms with E-state index >= 15 is 0 Å². The molecule has 4 N–H and O–H groups in total. The number of hydrazone groups is 1. The molecule has 172 valence electrons. The van der Waals surface area contributed by atoms with E-state index in [1.165, 1.54) is 0 Å². The highest BCUT2D eigenvalue weighted by Crippen LogP contribution is 2.37. The van der Waals surface area contributed by atoms with Gasteiger partial charge in [0.1, 0.15) is 5.69 Å². The van der Waals surface area contributed by atoms with Crippen molar-refractivity contribution in [3.63, 3.8) is 0 Å². The first kappa shape index (κ1) is 22.0. The van der Waals surface area contributed by atoms with Crippen LogP contribution in [0.5, 0.6) is 5.75 Å². The van der Waals surface area contributed by atoms with E-state index in [0.717, 1.165) is 5.39 Å². The molecular formula is C26H21N7O2. The van der Waals surface area contributed by atoms with E-state index in [9.17, 15) is 9.90 Å². The van der Waals surface area contributed by atoms with Gasteiger partial charge in [-0.1, -0.05) is 54.6 Å². The SMILES string of the molecule is C[C@@H]1NN(c2ncccn2)C(=NNc2c(O)c(C(=O)c3ccccc3)cc3ccccc23)C1=C=N. The van der Waals surface area contributed by atoms with Crippen LogP contribution >= 0.6 is 0 Å². The number of phenols is 1. The standard InChI is InChI=1S/C26H21N7O2/c1-16-21(15-27)25(33(32-16)26-28-12-7-13-29-26)31-30-22-19-11-6-5-10-18(19)14-20(24(22)35)23(34)17-8-3-2-4-9-17/h2-14,16,27,30,32,35H,1H3/t16-/m0/s1. The van der Waals surface area contributed by atoms with Crippen LogP contribution in [-0.4, -0.2) is 38.6 Å². The number of hydrogen-bond donors (Lipinski definition) is 4. The second kappa shape index (κ2) is 9.18. The molecule has 9 nitrogen and oxygen atoms in total. The first-order valence-electron chi connectivity index (χ1n) is 10.9. The molecule has 9 heteroatoms. The molecule has 0 radical (unpaired) electrons. The van der Waals surface area contributed by atoms with Gasteiger partial charge >= 0.3 is 0 Å². The summed E-state index contributed by atoms with van der Waals surface area (Å²) in [6.45, 7) is 1.86. The van der Waals surface area contributed by atoms with Gasteiger partial charge in [-0.25, -0.2) is 20.4 Å². The van der Waals surface area contributed by atoms with Crippen molar-refractivity contribution in [2.45, 2.75) is 13.0 Å². The molecule has 1 aliphatic rings. The maximum Gasteiger partial charge on any atom is 0.246 e. The van der Waals surface area contributed by atoms with Gasteiger partial charge in [0.25, 0.3) is 0 Å². The van der Waals surface area contributed by atoms with Crippen LogP contribution in [0.15, 0.2) is 89.8 Å². The number of hydrogen-bond acceptors (Lipinski definition) is 8. The third kappa shape index (κ3) is 4.02. The van der Waals surface area contributed by atoms with E-state index < -0.39 is 0 Å². The lowest BCUT2D eigenvalue weighted by Crippen LogP contribution is -2.38. The van der Waals surface area contributed by atoms with Crippen LogP contribution in [-0.2, 0) is 0 Å². The Morgan fingerprint density at radius 1 is 1.11 bits per heavy atom. The van der Waals surface area contributed by atoms with Crippen LogP contribution in [0.1, 0.15) is 22.8 Å². The Bertz CT molecular complexity index is 1500. The minimum Gasteiger partial charge on any atom is -0.505 e. The summed E-state index contributed by atoms with van der Waals surface area (Å²) >= 11 is 0. The third-order valence-corrected chi connectivity index (χ3v) is 5.67. The molecule has 0 amide bonds. The maximum atomic E-state index is 13.2. The number of nitrogens with zero attached hydrogens (tertiary/aromatic N) is 4. The quantitative estimate of drug-likeness (QED) is 0.153. The molecule has 0 aliphatic carbocycles. The average Bonchev–Trinajstić information content (AvgIpc) is 3.23. The predicted molar refractivity (Wildman–Crippen MR) is 135 cm³/mol. The van der Waals surface area contributed by atoms with E-state index in [1.807, 2.05) is 37.3 Å². The van der Waals surface area contributed by atoms with Crippen LogP contribution in [0.2, 0.25) is 0 Å². The fourth-order valence-corrected chi connectivity index (χ4v) is 3.94. The summed E-state index contributed by atoms with van der Waals surface area (Å²) in [5.74, 6) is 2.56. The molecule has 0 spiro atoms. The number of fused-ring (bicyclic) bond motifs is 1. The van der Waals surface area contributed by atoms with Gasteiger partial charge in [0.15, 0.2) is 17.4 Å². The fourth-order valence-electron chi connectivity index (χ4n) is 3.94. The van der Waals surface area contributed by atoms with Crippen molar-refractivity contribution in [2.24, 2.45) is 5.10 Å². The van der Waals surface area contributed by atoms with Crippen molar-refractivity contribution in [2.75, 3.05) is 10.4 Å². The zero-order chi connectivity index (χ0) is 24.4. The van der Waals surface area contributed by atoms with Gasteiger partial charge < -0.3 is 5.11 Å². The molecule has 0 saturated carbocycles. The van der Waals surface area contributed by atoms with E-state index in [-0.39, 0.29) is 28.8 Å². The summed E-state index contributed by atoms with van der Waals surface area (Å²) in [4.78, 5) is 21.7. The topological polar surface area (TPSA) is 127 Å². The lowest BCUT2D eigenvalue weighted by Gasteiger charge is -2.17. The van der Waals surface area contributed by atoms with Crippen molar-refractivity contribution in [3.05, 3.63) is 95.8 Å². The van der Waals surface area contributed by atoms with Crippen molar-refractivity contribution < 1.29 is 9.90 Å². The first-order valence-corrected chi connectivity index (χ1v) is 10.9. The summed E-state index contributed by atoms with van der Waals surface area (Å²) in [5, 5.41) is 26.4. The van der Waals surface area contributed by atoms with Crippen molar-refractivity contribution in [1.29, 1.82) is 5.41 Å². The van der Waals surface area contributed by atoms with Crippen LogP contribution in [0.3, 0.4) is 0 Å². The highest BCUT2D eigenvalue weighted by Gasteiger charge is 2.33. The van der Waals surface area contributed by atoms with Crippen LogP contribution in [0.4, 0.5) is 11.6 Å². The summed E-state index contributed by atoms with van der Waals surface area (Å²) in [7, 11) is 0. The number of ketones is 1. The van der Waals surface area contributed by atoms with Gasteiger partial charge in [-0.2, -0.15) is 5.10 Å². The number of hydrazine groups is 1. The van der Waals surface area contributed by atoms with Crippen molar-refractivity contribution in [1.82, 2.24) is 15.4 Å². The summed E-state index contributed by atoms with van der Waals surface area (Å²) in [6, 6.07) is 19.3. The number of anilines is 2. The van der Waals surface area contributed by atoms with Crippen LogP contribution in [0, 0.1) is 5.41 Å². The number of amidine groups is 1. The van der Waals surface area contributed by atoms with E-state index in [2.05, 4.69) is 31.8 Å². The maximum absolute atomic E-state index is 13.2. The van der Waals surface area contributed by atoms with Gasteiger partial charge in [-0.3, -0.25) is 15.6 Å². The molecule has 4 aromatic rings. The highest BCUT2D eigenvalue weighted by molar-refractivity contribution is 6.17. The predicted octanol–water partition coefficient (Wildman–Crippen LogP) is 3.88. The normalized spacial score (nSPS) is 16.5. The molecule has 1 saturated heterocycles. The Morgan fingerprint density at radius 2 is 1.83 bits per heavy atom. The van der Waals surface area contributed by atoms with Gasteiger partial charge in [-0.05, 0) is 30.3 Å². The van der Waals surface area contributed by atoms with Gasteiger partial charge in [0.2, 0.25) is 5.95 Å². The number of carbonyl (C=O) groups excluding carboxylic acids is 1. The Kier molecular flexibility index (Phi) is 5.76. The molecule has 1 atom stereocenters. The Morgan fingerprint density at radius 3 is 2.57 bits per heavy atom. The smallest absolute Gasteiger partial charge is 0.246 e. The second-order valence-electron chi connectivity index (χ2n) is 7.88. The molecule has 35 heavy (non-hydrogen) atoms. The van der Waals surface area contributed by atoms with Crippen molar-refractivity contribution >= 4 is 39.9 Å². The lowest BCUT2D eigenvalue weighted by molar-refractivity contribution is 0.103. The number of carbonyl (C=O) groups is 1. The lowest BCUT2D eigenvalue weighted by atomic mass is 9.97. The third-order valence-electron chi connectivity index (χ3n) is 5.67. The summed E-state index contributed by atoms with van der Waals surface area (Å²) in [5.41, 5.74) is 7.46. The zero-order valence-corrected chi connectivity index (χ0v) is 18.7. The van der Waals surface area contributed by atoms with Gasteiger partial charge in [-0.15, -0.1) is 0 Å². The molecule has 3 aromatic carbocycles.